The van der Waals surface area contributed by atoms with Crippen LogP contribution in [0.1, 0.15) is 24.7 Å². The van der Waals surface area contributed by atoms with Gasteiger partial charge in [-0.2, -0.15) is 5.10 Å². The van der Waals surface area contributed by atoms with Crippen LogP contribution in [0.4, 0.5) is 0 Å². The minimum absolute atomic E-state index is 0.635. The van der Waals surface area contributed by atoms with Gasteiger partial charge in [0.25, 0.3) is 0 Å². The molecule has 2 heterocycles. The quantitative estimate of drug-likeness (QED) is 0.748. The normalized spacial score (nSPS) is 10.8. The first-order chi connectivity index (χ1) is 7.90. The van der Waals surface area contributed by atoms with Crippen molar-refractivity contribution in [1.82, 2.24) is 20.1 Å². The molecule has 2 aromatic rings. The molecule has 0 amide bonds. The fourth-order valence-electron chi connectivity index (χ4n) is 1.52. The second-order valence-electron chi connectivity index (χ2n) is 3.64. The Morgan fingerprint density at radius 1 is 1.50 bits per heavy atom. The van der Waals surface area contributed by atoms with Crippen LogP contribution in [0.2, 0.25) is 0 Å². The number of hydrogen-bond acceptors (Lipinski definition) is 4. The van der Waals surface area contributed by atoms with Gasteiger partial charge >= 0.3 is 0 Å². The number of aromatic nitrogens is 3. The number of nitrogens with zero attached hydrogens (tertiary/aromatic N) is 3. The molecule has 0 aliphatic carbocycles. The van der Waals surface area contributed by atoms with Gasteiger partial charge in [-0.1, -0.05) is 6.92 Å². The topological polar surface area (TPSA) is 55.9 Å². The fraction of sp³-hybridized carbons (Fsp3) is 0.455. The Hall–Kier alpha value is -1.62. The lowest BCUT2D eigenvalue weighted by Crippen LogP contribution is -2.15. The lowest BCUT2D eigenvalue weighted by atomic mass is 10.2. The first-order valence-electron chi connectivity index (χ1n) is 5.48. The smallest absolute Gasteiger partial charge is 0.137 e. The maximum absolute atomic E-state index is 5.44. The third-order valence-electron chi connectivity index (χ3n) is 2.35. The summed E-state index contributed by atoms with van der Waals surface area (Å²) in [6, 6.07) is 1.99. The summed E-state index contributed by atoms with van der Waals surface area (Å²) in [4.78, 5) is 3.90. The highest BCUT2D eigenvalue weighted by molar-refractivity contribution is 5.16. The Morgan fingerprint density at radius 3 is 3.19 bits per heavy atom. The first-order valence-corrected chi connectivity index (χ1v) is 5.48. The molecule has 5 nitrogen and oxygen atoms in total. The molecule has 0 atom stereocenters. The van der Waals surface area contributed by atoms with Crippen molar-refractivity contribution in [2.45, 2.75) is 26.4 Å². The summed E-state index contributed by atoms with van der Waals surface area (Å²) in [6.45, 7) is 4.65. The van der Waals surface area contributed by atoms with Gasteiger partial charge in [0.05, 0.1) is 6.26 Å². The van der Waals surface area contributed by atoms with E-state index in [9.17, 15) is 0 Å². The molecule has 0 aliphatic heterocycles. The monoisotopic (exact) mass is 220 g/mol. The minimum atomic E-state index is 0.635. The molecule has 5 heteroatoms. The molecule has 0 aliphatic rings. The van der Waals surface area contributed by atoms with Gasteiger partial charge in [-0.3, -0.25) is 0 Å². The SMILES string of the molecule is CCCNCc1ccoc1Cn1cncn1. The third-order valence-corrected chi connectivity index (χ3v) is 2.35. The molecule has 0 radical (unpaired) electrons. The highest BCUT2D eigenvalue weighted by atomic mass is 16.3. The molecule has 0 aromatic carbocycles. The van der Waals surface area contributed by atoms with E-state index in [1.165, 1.54) is 11.9 Å². The number of rotatable bonds is 6. The summed E-state index contributed by atoms with van der Waals surface area (Å²) in [5.41, 5.74) is 1.18. The van der Waals surface area contributed by atoms with E-state index in [1.54, 1.807) is 17.3 Å². The van der Waals surface area contributed by atoms with E-state index in [0.717, 1.165) is 25.3 Å². The Morgan fingerprint density at radius 2 is 2.44 bits per heavy atom. The second kappa shape index (κ2) is 5.46. The van der Waals surface area contributed by atoms with E-state index in [0.29, 0.717) is 6.54 Å². The molecule has 2 rings (SSSR count). The van der Waals surface area contributed by atoms with Crippen molar-refractivity contribution in [1.29, 1.82) is 0 Å². The number of nitrogens with one attached hydrogen (secondary N) is 1. The standard InChI is InChI=1S/C11H16N4O/c1-2-4-12-6-10-3-5-16-11(10)7-15-9-13-8-14-15/h3,5,8-9,12H,2,4,6-7H2,1H3. The van der Waals surface area contributed by atoms with Crippen LogP contribution in [0.15, 0.2) is 29.4 Å². The lowest BCUT2D eigenvalue weighted by molar-refractivity contribution is 0.472. The predicted octanol–water partition coefficient (Wildman–Crippen LogP) is 1.42. The zero-order valence-corrected chi connectivity index (χ0v) is 9.39. The molecule has 86 valence electrons. The summed E-state index contributed by atoms with van der Waals surface area (Å²) < 4.78 is 7.19. The van der Waals surface area contributed by atoms with Gasteiger partial charge in [0, 0.05) is 12.1 Å². The summed E-state index contributed by atoms with van der Waals surface area (Å²) in [5, 5.41) is 7.41. The van der Waals surface area contributed by atoms with E-state index in [4.69, 9.17) is 4.42 Å². The van der Waals surface area contributed by atoms with Gasteiger partial charge in [0.1, 0.15) is 25.0 Å². The van der Waals surface area contributed by atoms with Crippen molar-refractivity contribution in [2.75, 3.05) is 6.54 Å². The van der Waals surface area contributed by atoms with Crippen LogP contribution in [-0.2, 0) is 13.1 Å². The van der Waals surface area contributed by atoms with Gasteiger partial charge in [0.15, 0.2) is 0 Å². The molecule has 0 fully saturated rings. The summed E-state index contributed by atoms with van der Waals surface area (Å²) in [7, 11) is 0. The van der Waals surface area contributed by atoms with Crippen molar-refractivity contribution < 1.29 is 4.42 Å². The second-order valence-corrected chi connectivity index (χ2v) is 3.64. The van der Waals surface area contributed by atoms with Crippen LogP contribution in [-0.4, -0.2) is 21.3 Å². The van der Waals surface area contributed by atoms with Crippen LogP contribution in [0.3, 0.4) is 0 Å². The Kier molecular flexibility index (Phi) is 3.71. The average molecular weight is 220 g/mol. The van der Waals surface area contributed by atoms with E-state index < -0.39 is 0 Å². The fourth-order valence-corrected chi connectivity index (χ4v) is 1.52. The number of hydrogen-bond donors (Lipinski definition) is 1. The number of furan rings is 1. The molecule has 2 aromatic heterocycles. The first kappa shape index (κ1) is 10.9. The largest absolute Gasteiger partial charge is 0.467 e. The molecule has 1 N–H and O–H groups in total. The van der Waals surface area contributed by atoms with Gasteiger partial charge in [-0.15, -0.1) is 0 Å². The summed E-state index contributed by atoms with van der Waals surface area (Å²) in [6.07, 6.45) is 6.06. The van der Waals surface area contributed by atoms with E-state index >= 15 is 0 Å². The molecule has 0 saturated carbocycles. The van der Waals surface area contributed by atoms with Gasteiger partial charge in [-0.25, -0.2) is 9.67 Å². The van der Waals surface area contributed by atoms with Crippen LogP contribution in [0, 0.1) is 0 Å². The Bertz CT molecular complexity index is 407. The third kappa shape index (κ3) is 2.70. The van der Waals surface area contributed by atoms with Crippen LogP contribution in [0.25, 0.3) is 0 Å². The van der Waals surface area contributed by atoms with Crippen molar-refractivity contribution in [3.05, 3.63) is 36.3 Å². The molecular formula is C11H16N4O. The molecule has 16 heavy (non-hydrogen) atoms. The molecule has 0 spiro atoms. The van der Waals surface area contributed by atoms with Gasteiger partial charge in [0.2, 0.25) is 0 Å². The van der Waals surface area contributed by atoms with Gasteiger partial charge < -0.3 is 9.73 Å². The van der Waals surface area contributed by atoms with Crippen LogP contribution < -0.4 is 5.32 Å². The Balaban J connectivity index is 1.96. The lowest BCUT2D eigenvalue weighted by Gasteiger charge is -2.03. The highest BCUT2D eigenvalue weighted by Gasteiger charge is 2.06. The van der Waals surface area contributed by atoms with Crippen molar-refractivity contribution >= 4 is 0 Å². The van der Waals surface area contributed by atoms with E-state index in [1.807, 2.05) is 6.07 Å². The van der Waals surface area contributed by atoms with Crippen molar-refractivity contribution in [3.8, 4) is 0 Å². The zero-order chi connectivity index (χ0) is 11.2. The van der Waals surface area contributed by atoms with E-state index in [-0.39, 0.29) is 0 Å². The minimum Gasteiger partial charge on any atom is -0.467 e. The average Bonchev–Trinajstić information content (AvgIpc) is 2.92. The van der Waals surface area contributed by atoms with Crippen molar-refractivity contribution in [2.24, 2.45) is 0 Å². The highest BCUT2D eigenvalue weighted by Crippen LogP contribution is 2.11. The maximum Gasteiger partial charge on any atom is 0.137 e. The van der Waals surface area contributed by atoms with Gasteiger partial charge in [-0.05, 0) is 19.0 Å². The summed E-state index contributed by atoms with van der Waals surface area (Å²) >= 11 is 0. The molecule has 0 unspecified atom stereocenters. The van der Waals surface area contributed by atoms with Crippen LogP contribution in [0.5, 0.6) is 0 Å². The maximum atomic E-state index is 5.44. The van der Waals surface area contributed by atoms with Crippen LogP contribution >= 0.6 is 0 Å². The van der Waals surface area contributed by atoms with Crippen molar-refractivity contribution in [3.63, 3.8) is 0 Å². The predicted molar refractivity (Wildman–Crippen MR) is 59.8 cm³/mol. The Labute approximate surface area is 94.5 Å². The molecule has 0 bridgehead atoms. The molecule has 0 saturated heterocycles. The van der Waals surface area contributed by atoms with E-state index in [2.05, 4.69) is 22.3 Å². The zero-order valence-electron chi connectivity index (χ0n) is 9.39. The summed E-state index contributed by atoms with van der Waals surface area (Å²) in [5.74, 6) is 0.939. The molecular weight excluding hydrogens is 204 g/mol.